The maximum absolute atomic E-state index is 12.2. The number of pyridine rings is 1. The molecule has 0 radical (unpaired) electrons. The predicted molar refractivity (Wildman–Crippen MR) is 60.0 cm³/mol. The van der Waals surface area contributed by atoms with Crippen LogP contribution in [0.1, 0.15) is 16.8 Å². The monoisotopic (exact) mass is 217 g/mol. The van der Waals surface area contributed by atoms with E-state index in [1.54, 1.807) is 12.4 Å². The third-order valence-electron chi connectivity index (χ3n) is 3.61. The van der Waals surface area contributed by atoms with E-state index in [0.717, 1.165) is 26.1 Å². The first-order valence-corrected chi connectivity index (χ1v) is 5.78. The summed E-state index contributed by atoms with van der Waals surface area (Å²) in [5, 5.41) is 3.35. The Morgan fingerprint density at radius 3 is 3.25 bits per heavy atom. The van der Waals surface area contributed by atoms with Crippen molar-refractivity contribution in [1.82, 2.24) is 15.2 Å². The minimum atomic E-state index is 0.129. The highest BCUT2D eigenvalue weighted by molar-refractivity contribution is 5.94. The SMILES string of the molecule is O=C(c1cccnc1)N1CC[C@H]2CNC[C@H]21. The van der Waals surface area contributed by atoms with E-state index >= 15 is 0 Å². The van der Waals surface area contributed by atoms with E-state index in [1.807, 2.05) is 17.0 Å². The van der Waals surface area contributed by atoms with Gasteiger partial charge in [-0.05, 0) is 24.5 Å². The number of amides is 1. The molecule has 3 heterocycles. The number of fused-ring (bicyclic) bond motifs is 1. The normalized spacial score (nSPS) is 28.1. The van der Waals surface area contributed by atoms with Crippen LogP contribution in [-0.4, -0.2) is 41.5 Å². The second-order valence-corrected chi connectivity index (χ2v) is 4.51. The Morgan fingerprint density at radius 2 is 2.44 bits per heavy atom. The average Bonchev–Trinajstić information content (AvgIpc) is 2.91. The summed E-state index contributed by atoms with van der Waals surface area (Å²) in [4.78, 5) is 18.2. The van der Waals surface area contributed by atoms with Gasteiger partial charge in [-0.3, -0.25) is 9.78 Å². The summed E-state index contributed by atoms with van der Waals surface area (Å²) < 4.78 is 0. The molecule has 1 N–H and O–H groups in total. The molecule has 0 aliphatic carbocycles. The lowest BCUT2D eigenvalue weighted by atomic mass is 10.1. The van der Waals surface area contributed by atoms with E-state index in [2.05, 4.69) is 10.3 Å². The highest BCUT2D eigenvalue weighted by Gasteiger charge is 2.39. The topological polar surface area (TPSA) is 45.2 Å². The molecule has 0 saturated carbocycles. The lowest BCUT2D eigenvalue weighted by Gasteiger charge is -2.23. The molecular weight excluding hydrogens is 202 g/mol. The first kappa shape index (κ1) is 9.78. The van der Waals surface area contributed by atoms with Gasteiger partial charge in [-0.25, -0.2) is 0 Å². The Kier molecular flexibility index (Phi) is 2.36. The van der Waals surface area contributed by atoms with E-state index in [1.165, 1.54) is 0 Å². The molecule has 0 bridgehead atoms. The second-order valence-electron chi connectivity index (χ2n) is 4.51. The lowest BCUT2D eigenvalue weighted by molar-refractivity contribution is 0.0736. The number of hydrogen-bond acceptors (Lipinski definition) is 3. The number of hydrogen-bond donors (Lipinski definition) is 1. The summed E-state index contributed by atoms with van der Waals surface area (Å²) in [6.45, 7) is 2.89. The molecule has 2 aliphatic heterocycles. The van der Waals surface area contributed by atoms with Gasteiger partial charge in [0.2, 0.25) is 0 Å². The van der Waals surface area contributed by atoms with Gasteiger partial charge in [-0.15, -0.1) is 0 Å². The summed E-state index contributed by atoms with van der Waals surface area (Å²) >= 11 is 0. The van der Waals surface area contributed by atoms with Gasteiger partial charge < -0.3 is 10.2 Å². The van der Waals surface area contributed by atoms with E-state index < -0.39 is 0 Å². The van der Waals surface area contributed by atoms with Crippen LogP contribution < -0.4 is 5.32 Å². The van der Waals surface area contributed by atoms with Crippen LogP contribution in [0.5, 0.6) is 0 Å². The summed E-state index contributed by atoms with van der Waals surface area (Å²) in [7, 11) is 0. The van der Waals surface area contributed by atoms with Crippen molar-refractivity contribution in [1.29, 1.82) is 0 Å². The van der Waals surface area contributed by atoms with E-state index in [9.17, 15) is 4.79 Å². The highest BCUT2D eigenvalue weighted by atomic mass is 16.2. The summed E-state index contributed by atoms with van der Waals surface area (Å²) in [5.41, 5.74) is 0.704. The Labute approximate surface area is 94.7 Å². The zero-order chi connectivity index (χ0) is 11.0. The molecule has 2 atom stereocenters. The molecule has 1 amide bonds. The molecule has 2 aliphatic rings. The molecule has 2 fully saturated rings. The fourth-order valence-corrected chi connectivity index (χ4v) is 2.76. The number of nitrogens with one attached hydrogen (secondary N) is 1. The van der Waals surface area contributed by atoms with Crippen molar-refractivity contribution >= 4 is 5.91 Å². The van der Waals surface area contributed by atoms with Crippen LogP contribution in [0.4, 0.5) is 0 Å². The Bertz CT molecular complexity index is 393. The minimum Gasteiger partial charge on any atom is -0.334 e. The largest absolute Gasteiger partial charge is 0.334 e. The molecule has 4 nitrogen and oxygen atoms in total. The smallest absolute Gasteiger partial charge is 0.255 e. The Balaban J connectivity index is 1.81. The number of aromatic nitrogens is 1. The maximum atomic E-state index is 12.2. The van der Waals surface area contributed by atoms with Crippen LogP contribution in [0.2, 0.25) is 0 Å². The fourth-order valence-electron chi connectivity index (χ4n) is 2.76. The summed E-state index contributed by atoms with van der Waals surface area (Å²) in [5.74, 6) is 0.782. The quantitative estimate of drug-likeness (QED) is 0.745. The molecule has 1 aromatic heterocycles. The molecule has 16 heavy (non-hydrogen) atoms. The third kappa shape index (κ3) is 1.50. The van der Waals surface area contributed by atoms with Gasteiger partial charge in [-0.1, -0.05) is 0 Å². The van der Waals surface area contributed by atoms with Crippen LogP contribution >= 0.6 is 0 Å². The molecule has 1 aromatic rings. The first-order valence-electron chi connectivity index (χ1n) is 5.78. The lowest BCUT2D eigenvalue weighted by Crippen LogP contribution is -2.39. The van der Waals surface area contributed by atoms with Gasteiger partial charge in [0.15, 0.2) is 0 Å². The van der Waals surface area contributed by atoms with Crippen LogP contribution in [0, 0.1) is 5.92 Å². The second kappa shape index (κ2) is 3.87. The third-order valence-corrected chi connectivity index (χ3v) is 3.61. The van der Waals surface area contributed by atoms with Crippen LogP contribution in [0.15, 0.2) is 24.5 Å². The van der Waals surface area contributed by atoms with Gasteiger partial charge >= 0.3 is 0 Å². The Morgan fingerprint density at radius 1 is 1.50 bits per heavy atom. The summed E-state index contributed by atoms with van der Waals surface area (Å²) in [6, 6.07) is 4.05. The number of likely N-dealkylation sites (tertiary alicyclic amines) is 1. The molecule has 3 rings (SSSR count). The molecule has 84 valence electrons. The van der Waals surface area contributed by atoms with Crippen molar-refractivity contribution in [2.45, 2.75) is 12.5 Å². The molecular formula is C12H15N3O. The molecule has 0 unspecified atom stereocenters. The Hall–Kier alpha value is -1.42. The van der Waals surface area contributed by atoms with Crippen molar-refractivity contribution in [3.63, 3.8) is 0 Å². The predicted octanol–water partition coefficient (Wildman–Crippen LogP) is 0.515. The molecule has 0 spiro atoms. The van der Waals surface area contributed by atoms with Gasteiger partial charge in [0.05, 0.1) is 5.56 Å². The standard InChI is InChI=1S/C12H15N3O/c16-12(10-2-1-4-13-7-10)15-5-3-9-6-14-8-11(9)15/h1-2,4,7,9,11,14H,3,5-6,8H2/t9-,11+/m0/s1. The van der Waals surface area contributed by atoms with Gasteiger partial charge in [0, 0.05) is 38.1 Å². The van der Waals surface area contributed by atoms with Crippen molar-refractivity contribution in [2.75, 3.05) is 19.6 Å². The zero-order valence-electron chi connectivity index (χ0n) is 9.10. The van der Waals surface area contributed by atoms with Crippen molar-refractivity contribution < 1.29 is 4.79 Å². The molecule has 4 heteroatoms. The maximum Gasteiger partial charge on any atom is 0.255 e. The van der Waals surface area contributed by atoms with Crippen LogP contribution in [0.25, 0.3) is 0 Å². The van der Waals surface area contributed by atoms with E-state index in [-0.39, 0.29) is 5.91 Å². The number of nitrogens with zero attached hydrogens (tertiary/aromatic N) is 2. The number of carbonyl (C=O) groups excluding carboxylic acids is 1. The van der Waals surface area contributed by atoms with Crippen molar-refractivity contribution in [3.05, 3.63) is 30.1 Å². The first-order chi connectivity index (χ1) is 7.86. The van der Waals surface area contributed by atoms with Gasteiger partial charge in [-0.2, -0.15) is 0 Å². The van der Waals surface area contributed by atoms with E-state index in [0.29, 0.717) is 17.5 Å². The van der Waals surface area contributed by atoms with Gasteiger partial charge in [0.25, 0.3) is 5.91 Å². The molecule has 0 aromatic carbocycles. The van der Waals surface area contributed by atoms with Crippen molar-refractivity contribution in [2.24, 2.45) is 5.92 Å². The summed E-state index contributed by atoms with van der Waals surface area (Å²) in [6.07, 6.45) is 4.47. The average molecular weight is 217 g/mol. The van der Waals surface area contributed by atoms with Gasteiger partial charge in [0.1, 0.15) is 0 Å². The highest BCUT2D eigenvalue weighted by Crippen LogP contribution is 2.28. The molecule has 2 saturated heterocycles. The minimum absolute atomic E-state index is 0.129. The van der Waals surface area contributed by atoms with Crippen LogP contribution in [0.3, 0.4) is 0 Å². The number of rotatable bonds is 1. The van der Waals surface area contributed by atoms with Crippen molar-refractivity contribution in [3.8, 4) is 0 Å². The van der Waals surface area contributed by atoms with E-state index in [4.69, 9.17) is 0 Å². The number of carbonyl (C=O) groups is 1. The van der Waals surface area contributed by atoms with Crippen LogP contribution in [-0.2, 0) is 0 Å². The zero-order valence-corrected chi connectivity index (χ0v) is 9.10. The fraction of sp³-hybridized carbons (Fsp3) is 0.500.